The Labute approximate surface area is 109 Å². The third kappa shape index (κ3) is 3.23. The van der Waals surface area contributed by atoms with Gasteiger partial charge >= 0.3 is 6.09 Å². The SMILES string of the molecule is CSc1nc(NC(=O)O)cc(N2CCOCC2)n1. The molecule has 1 aliphatic heterocycles. The fourth-order valence-corrected chi connectivity index (χ4v) is 2.01. The Morgan fingerprint density at radius 3 is 2.83 bits per heavy atom. The average molecular weight is 270 g/mol. The fourth-order valence-electron chi connectivity index (χ4n) is 1.63. The van der Waals surface area contributed by atoms with Gasteiger partial charge in [0.25, 0.3) is 0 Å². The molecule has 7 nitrogen and oxygen atoms in total. The largest absolute Gasteiger partial charge is 0.465 e. The number of morpholine rings is 1. The van der Waals surface area contributed by atoms with Crippen molar-refractivity contribution in [2.45, 2.75) is 5.16 Å². The molecule has 2 rings (SSSR count). The molecule has 1 saturated heterocycles. The molecule has 2 heterocycles. The zero-order chi connectivity index (χ0) is 13.0. The molecule has 1 aromatic rings. The van der Waals surface area contributed by atoms with E-state index in [0.29, 0.717) is 24.2 Å². The molecule has 0 spiro atoms. The minimum atomic E-state index is -1.13. The van der Waals surface area contributed by atoms with E-state index in [2.05, 4.69) is 20.2 Å². The molecule has 18 heavy (non-hydrogen) atoms. The predicted octanol–water partition coefficient (Wildman–Crippen LogP) is 1.12. The molecule has 8 heteroatoms. The van der Waals surface area contributed by atoms with Crippen molar-refractivity contribution < 1.29 is 14.6 Å². The molecule has 0 aromatic carbocycles. The molecule has 0 bridgehead atoms. The van der Waals surface area contributed by atoms with Crippen LogP contribution in [0, 0.1) is 0 Å². The molecule has 1 aromatic heterocycles. The Morgan fingerprint density at radius 1 is 1.50 bits per heavy atom. The Balaban J connectivity index is 2.24. The number of hydrogen-bond acceptors (Lipinski definition) is 6. The van der Waals surface area contributed by atoms with Gasteiger partial charge in [-0.1, -0.05) is 11.8 Å². The first-order chi connectivity index (χ1) is 8.69. The van der Waals surface area contributed by atoms with Crippen molar-refractivity contribution in [3.05, 3.63) is 6.07 Å². The lowest BCUT2D eigenvalue weighted by Crippen LogP contribution is -2.37. The molecule has 0 atom stereocenters. The van der Waals surface area contributed by atoms with Crippen molar-refractivity contribution >= 4 is 29.5 Å². The van der Waals surface area contributed by atoms with E-state index < -0.39 is 6.09 Å². The van der Waals surface area contributed by atoms with Gasteiger partial charge in [-0.2, -0.15) is 0 Å². The first-order valence-electron chi connectivity index (χ1n) is 5.45. The number of nitrogens with zero attached hydrogens (tertiary/aromatic N) is 3. The van der Waals surface area contributed by atoms with Crippen molar-refractivity contribution in [3.8, 4) is 0 Å². The van der Waals surface area contributed by atoms with E-state index in [4.69, 9.17) is 9.84 Å². The van der Waals surface area contributed by atoms with Crippen molar-refractivity contribution in [2.24, 2.45) is 0 Å². The zero-order valence-corrected chi connectivity index (χ0v) is 10.7. The lowest BCUT2D eigenvalue weighted by Gasteiger charge is -2.28. The summed E-state index contributed by atoms with van der Waals surface area (Å²) in [7, 11) is 0. The molecule has 0 saturated carbocycles. The van der Waals surface area contributed by atoms with Crippen LogP contribution in [0.15, 0.2) is 11.2 Å². The van der Waals surface area contributed by atoms with E-state index in [-0.39, 0.29) is 0 Å². The van der Waals surface area contributed by atoms with Gasteiger partial charge in [0.2, 0.25) is 0 Å². The third-order valence-electron chi connectivity index (χ3n) is 2.44. The number of ether oxygens (including phenoxy) is 1. The monoisotopic (exact) mass is 270 g/mol. The van der Waals surface area contributed by atoms with Crippen LogP contribution in [0.2, 0.25) is 0 Å². The summed E-state index contributed by atoms with van der Waals surface area (Å²) in [5.41, 5.74) is 0. The second kappa shape index (κ2) is 5.87. The highest BCUT2D eigenvalue weighted by atomic mass is 32.2. The molecule has 98 valence electrons. The fraction of sp³-hybridized carbons (Fsp3) is 0.500. The molecule has 0 unspecified atom stereocenters. The molecule has 0 radical (unpaired) electrons. The number of carboxylic acid groups (broad SMARTS) is 1. The van der Waals surface area contributed by atoms with Gasteiger partial charge in [-0.25, -0.2) is 14.8 Å². The number of rotatable bonds is 3. The number of thioether (sulfide) groups is 1. The van der Waals surface area contributed by atoms with Gasteiger partial charge < -0.3 is 14.7 Å². The lowest BCUT2D eigenvalue weighted by molar-refractivity contribution is 0.122. The maximum absolute atomic E-state index is 10.6. The third-order valence-corrected chi connectivity index (χ3v) is 2.99. The van der Waals surface area contributed by atoms with E-state index in [1.54, 1.807) is 6.07 Å². The highest BCUT2D eigenvalue weighted by Crippen LogP contribution is 2.21. The summed E-state index contributed by atoms with van der Waals surface area (Å²) in [4.78, 5) is 21.2. The summed E-state index contributed by atoms with van der Waals surface area (Å²) < 4.78 is 5.27. The zero-order valence-electron chi connectivity index (χ0n) is 9.92. The first kappa shape index (κ1) is 12.9. The van der Waals surface area contributed by atoms with Crippen LogP contribution in [0.5, 0.6) is 0 Å². The standard InChI is InChI=1S/C10H14N4O3S/c1-18-9-11-7(12-10(15)16)6-8(13-9)14-2-4-17-5-3-14/h6H,2-5H2,1H3,(H,15,16)(H,11,12,13). The van der Waals surface area contributed by atoms with Crippen molar-refractivity contribution in [1.29, 1.82) is 0 Å². The Hall–Kier alpha value is -1.54. The van der Waals surface area contributed by atoms with Crippen LogP contribution in [0.4, 0.5) is 16.4 Å². The van der Waals surface area contributed by atoms with Crippen LogP contribution in [-0.2, 0) is 4.74 Å². The number of carbonyl (C=O) groups is 1. The van der Waals surface area contributed by atoms with Crippen LogP contribution in [0.3, 0.4) is 0 Å². The Bertz CT molecular complexity index is 437. The molecule has 0 aliphatic carbocycles. The van der Waals surface area contributed by atoms with E-state index >= 15 is 0 Å². The topological polar surface area (TPSA) is 87.6 Å². The summed E-state index contributed by atoms with van der Waals surface area (Å²) in [5, 5.41) is 11.5. The van der Waals surface area contributed by atoms with Gasteiger partial charge in [-0.05, 0) is 6.26 Å². The van der Waals surface area contributed by atoms with Crippen LogP contribution in [-0.4, -0.2) is 53.7 Å². The highest BCUT2D eigenvalue weighted by molar-refractivity contribution is 7.98. The van der Waals surface area contributed by atoms with Gasteiger partial charge in [-0.3, -0.25) is 5.32 Å². The predicted molar refractivity (Wildman–Crippen MR) is 68.5 cm³/mol. The van der Waals surface area contributed by atoms with Crippen molar-refractivity contribution in [3.63, 3.8) is 0 Å². The van der Waals surface area contributed by atoms with Gasteiger partial charge in [-0.15, -0.1) is 0 Å². The quantitative estimate of drug-likeness (QED) is 0.628. The highest BCUT2D eigenvalue weighted by Gasteiger charge is 2.15. The second-order valence-electron chi connectivity index (χ2n) is 3.63. The number of aromatic nitrogens is 2. The van der Waals surface area contributed by atoms with Gasteiger partial charge in [0.1, 0.15) is 11.6 Å². The van der Waals surface area contributed by atoms with E-state index in [1.807, 2.05) is 6.26 Å². The van der Waals surface area contributed by atoms with Crippen molar-refractivity contribution in [2.75, 3.05) is 42.8 Å². The van der Waals surface area contributed by atoms with Gasteiger partial charge in [0, 0.05) is 19.2 Å². The molecule has 1 aliphatic rings. The van der Waals surface area contributed by atoms with E-state index in [1.165, 1.54) is 11.8 Å². The Kier molecular flexibility index (Phi) is 4.21. The maximum Gasteiger partial charge on any atom is 0.410 e. The summed E-state index contributed by atoms with van der Waals surface area (Å²) in [6, 6.07) is 1.64. The van der Waals surface area contributed by atoms with Crippen LogP contribution >= 0.6 is 11.8 Å². The van der Waals surface area contributed by atoms with Crippen LogP contribution < -0.4 is 10.2 Å². The van der Waals surface area contributed by atoms with E-state index in [9.17, 15) is 4.79 Å². The maximum atomic E-state index is 10.6. The smallest absolute Gasteiger partial charge is 0.410 e. The second-order valence-corrected chi connectivity index (χ2v) is 4.40. The molecule has 2 N–H and O–H groups in total. The van der Waals surface area contributed by atoms with Gasteiger partial charge in [0.15, 0.2) is 5.16 Å². The average Bonchev–Trinajstić information content (AvgIpc) is 2.38. The molecular formula is C10H14N4O3S. The molecule has 1 fully saturated rings. The summed E-state index contributed by atoms with van der Waals surface area (Å²) in [5.74, 6) is 1.02. The van der Waals surface area contributed by atoms with Gasteiger partial charge in [0.05, 0.1) is 13.2 Å². The lowest BCUT2D eigenvalue weighted by atomic mass is 10.4. The number of hydrogen-bond donors (Lipinski definition) is 2. The normalized spacial score (nSPS) is 15.5. The molecule has 1 amide bonds. The number of amides is 1. The minimum Gasteiger partial charge on any atom is -0.465 e. The summed E-state index contributed by atoms with van der Waals surface area (Å²) in [6.45, 7) is 2.80. The van der Waals surface area contributed by atoms with E-state index in [0.717, 1.165) is 18.9 Å². The number of nitrogens with one attached hydrogen (secondary N) is 1. The summed E-state index contributed by atoms with van der Waals surface area (Å²) in [6.07, 6.45) is 0.719. The van der Waals surface area contributed by atoms with Crippen molar-refractivity contribution in [1.82, 2.24) is 9.97 Å². The first-order valence-corrected chi connectivity index (χ1v) is 6.67. The number of anilines is 2. The molecular weight excluding hydrogens is 256 g/mol. The Morgan fingerprint density at radius 2 is 2.22 bits per heavy atom. The van der Waals surface area contributed by atoms with Crippen LogP contribution in [0.25, 0.3) is 0 Å². The van der Waals surface area contributed by atoms with Crippen LogP contribution in [0.1, 0.15) is 0 Å². The summed E-state index contributed by atoms with van der Waals surface area (Å²) >= 11 is 1.38. The minimum absolute atomic E-state index is 0.295.